The maximum absolute atomic E-state index is 12.7. The summed E-state index contributed by atoms with van der Waals surface area (Å²) in [4.78, 5) is 28.5. The van der Waals surface area contributed by atoms with Crippen LogP contribution in [0.4, 0.5) is 5.69 Å². The van der Waals surface area contributed by atoms with Gasteiger partial charge in [0.1, 0.15) is 0 Å². The number of aromatic amines is 1. The van der Waals surface area contributed by atoms with Gasteiger partial charge in [-0.25, -0.2) is 0 Å². The molecule has 6 nitrogen and oxygen atoms in total. The highest BCUT2D eigenvalue weighted by Crippen LogP contribution is 2.32. The Morgan fingerprint density at radius 2 is 2.00 bits per heavy atom. The Hall–Kier alpha value is -4.03. The van der Waals surface area contributed by atoms with Gasteiger partial charge in [0.05, 0.1) is 5.69 Å². The van der Waals surface area contributed by atoms with Crippen molar-refractivity contribution in [1.82, 2.24) is 10.3 Å². The molecule has 7 heteroatoms. The van der Waals surface area contributed by atoms with Gasteiger partial charge in [-0.3, -0.25) is 9.59 Å². The molecule has 3 aromatic carbocycles. The average Bonchev–Trinajstić information content (AvgIpc) is 3.21. The number of carbonyl (C=O) groups excluding carboxylic acids is 2. The molecule has 0 radical (unpaired) electrons. The summed E-state index contributed by atoms with van der Waals surface area (Å²) in [6.45, 7) is 2.55. The quantitative estimate of drug-likeness (QED) is 0.337. The number of aromatic nitrogens is 1. The van der Waals surface area contributed by atoms with E-state index in [1.54, 1.807) is 42.5 Å². The molecule has 0 spiro atoms. The summed E-state index contributed by atoms with van der Waals surface area (Å²) >= 11 is 6.01. The smallest absolute Gasteiger partial charge is 0.291 e. The van der Waals surface area contributed by atoms with Crippen molar-refractivity contribution >= 4 is 46.1 Å². The molecule has 5 rings (SSSR count). The third-order valence-electron chi connectivity index (χ3n) is 5.68. The number of benzene rings is 3. The Labute approximate surface area is 201 Å². The molecule has 1 aliphatic rings. The second kappa shape index (κ2) is 9.08. The Kier molecular flexibility index (Phi) is 5.82. The summed E-state index contributed by atoms with van der Waals surface area (Å²) in [5.74, 6) is 0.0209. The molecule has 1 aromatic heterocycles. The van der Waals surface area contributed by atoms with Crippen molar-refractivity contribution in [3.8, 4) is 5.75 Å². The third kappa shape index (κ3) is 4.54. The fourth-order valence-corrected chi connectivity index (χ4v) is 4.16. The zero-order chi connectivity index (χ0) is 23.7. The fraction of sp³-hybridized carbons (Fsp3) is 0.111. The largest absolute Gasteiger partial charge is 0.449 e. The number of hydrogen-bond donors (Lipinski definition) is 3. The van der Waals surface area contributed by atoms with Crippen LogP contribution in [0.25, 0.3) is 17.0 Å². The number of amides is 2. The zero-order valence-electron chi connectivity index (χ0n) is 18.4. The van der Waals surface area contributed by atoms with Crippen LogP contribution in [-0.4, -0.2) is 23.3 Å². The van der Waals surface area contributed by atoms with Crippen LogP contribution >= 0.6 is 11.6 Å². The summed E-state index contributed by atoms with van der Waals surface area (Å²) in [6.07, 6.45) is 4.31. The number of carbonyl (C=O) groups is 2. The van der Waals surface area contributed by atoms with Gasteiger partial charge in [0.15, 0.2) is 11.5 Å². The number of fused-ring (bicyclic) bond motifs is 2. The van der Waals surface area contributed by atoms with Crippen molar-refractivity contribution in [2.45, 2.75) is 13.3 Å². The van der Waals surface area contributed by atoms with Crippen molar-refractivity contribution in [1.29, 1.82) is 0 Å². The molecule has 1 aliphatic heterocycles. The number of hydrogen-bond acceptors (Lipinski definition) is 3. The lowest BCUT2D eigenvalue weighted by atomic mass is 10.1. The van der Waals surface area contributed by atoms with Gasteiger partial charge in [-0.1, -0.05) is 35.4 Å². The van der Waals surface area contributed by atoms with Crippen molar-refractivity contribution in [2.24, 2.45) is 0 Å². The zero-order valence-corrected chi connectivity index (χ0v) is 19.2. The lowest BCUT2D eigenvalue weighted by molar-refractivity contribution is -0.115. The number of halogens is 1. The van der Waals surface area contributed by atoms with Gasteiger partial charge in [0.2, 0.25) is 0 Å². The Bertz CT molecular complexity index is 1450. The van der Waals surface area contributed by atoms with Crippen LogP contribution in [0.5, 0.6) is 5.75 Å². The Balaban J connectivity index is 1.25. The lowest BCUT2D eigenvalue weighted by Crippen LogP contribution is -2.27. The van der Waals surface area contributed by atoms with Gasteiger partial charge >= 0.3 is 0 Å². The summed E-state index contributed by atoms with van der Waals surface area (Å²) in [5, 5.41) is 7.49. The molecule has 34 heavy (non-hydrogen) atoms. The number of nitrogens with one attached hydrogen (secondary N) is 3. The van der Waals surface area contributed by atoms with Gasteiger partial charge in [-0.05, 0) is 73.0 Å². The minimum atomic E-state index is -0.389. The number of rotatable bonds is 5. The standard InChI is InChI=1S/C27H22ClN3O3/c1-16-5-7-22-21(11-16)19(15-30-22)9-10-29-26(32)18-6-8-24-23(14-18)31-27(33)25(34-24)13-17-3-2-4-20(28)12-17/h2-8,11-15,30H,9-10H2,1H3,(H,29,32)(H,31,33). The predicted molar refractivity (Wildman–Crippen MR) is 134 cm³/mol. The minimum Gasteiger partial charge on any atom is -0.449 e. The molecule has 0 saturated carbocycles. The van der Waals surface area contributed by atoms with E-state index in [-0.39, 0.29) is 17.6 Å². The van der Waals surface area contributed by atoms with Crippen LogP contribution in [0.15, 0.2) is 72.6 Å². The van der Waals surface area contributed by atoms with Gasteiger partial charge in [0, 0.05) is 34.2 Å². The molecule has 0 atom stereocenters. The van der Waals surface area contributed by atoms with E-state index in [1.807, 2.05) is 12.3 Å². The molecule has 0 saturated heterocycles. The molecule has 0 unspecified atom stereocenters. The first-order valence-corrected chi connectivity index (χ1v) is 11.3. The van der Waals surface area contributed by atoms with Crippen LogP contribution < -0.4 is 15.4 Å². The topological polar surface area (TPSA) is 83.2 Å². The highest BCUT2D eigenvalue weighted by atomic mass is 35.5. The molecule has 4 aromatic rings. The number of H-pyrrole nitrogens is 1. The van der Waals surface area contributed by atoms with Crippen molar-refractivity contribution in [3.63, 3.8) is 0 Å². The molecule has 0 bridgehead atoms. The average molecular weight is 472 g/mol. The number of ether oxygens (including phenoxy) is 1. The molecular formula is C27H22ClN3O3. The van der Waals surface area contributed by atoms with Gasteiger partial charge in [-0.2, -0.15) is 0 Å². The monoisotopic (exact) mass is 471 g/mol. The van der Waals surface area contributed by atoms with E-state index < -0.39 is 0 Å². The molecule has 170 valence electrons. The molecular weight excluding hydrogens is 450 g/mol. The third-order valence-corrected chi connectivity index (χ3v) is 5.92. The number of aryl methyl sites for hydroxylation is 1. The summed E-state index contributed by atoms with van der Waals surface area (Å²) in [7, 11) is 0. The summed E-state index contributed by atoms with van der Waals surface area (Å²) < 4.78 is 5.77. The Morgan fingerprint density at radius 3 is 2.85 bits per heavy atom. The van der Waals surface area contributed by atoms with E-state index in [4.69, 9.17) is 16.3 Å². The van der Waals surface area contributed by atoms with Crippen LogP contribution in [0.3, 0.4) is 0 Å². The van der Waals surface area contributed by atoms with E-state index in [9.17, 15) is 9.59 Å². The molecule has 0 fully saturated rings. The number of anilines is 1. The highest BCUT2D eigenvalue weighted by molar-refractivity contribution is 6.30. The molecule has 3 N–H and O–H groups in total. The Morgan fingerprint density at radius 1 is 1.12 bits per heavy atom. The normalized spacial score (nSPS) is 13.9. The van der Waals surface area contributed by atoms with Gasteiger partial charge in [0.25, 0.3) is 11.8 Å². The van der Waals surface area contributed by atoms with Gasteiger partial charge < -0.3 is 20.4 Å². The first kappa shape index (κ1) is 21.8. The fourth-order valence-electron chi connectivity index (χ4n) is 3.96. The maximum Gasteiger partial charge on any atom is 0.291 e. The van der Waals surface area contributed by atoms with Crippen molar-refractivity contribution in [3.05, 3.63) is 99.9 Å². The second-order valence-electron chi connectivity index (χ2n) is 8.20. The van der Waals surface area contributed by atoms with E-state index in [1.165, 1.54) is 10.9 Å². The first-order chi connectivity index (χ1) is 16.5. The lowest BCUT2D eigenvalue weighted by Gasteiger charge is -2.20. The predicted octanol–water partition coefficient (Wildman–Crippen LogP) is 5.47. The van der Waals surface area contributed by atoms with Crippen LogP contribution in [-0.2, 0) is 11.2 Å². The van der Waals surface area contributed by atoms with Crippen LogP contribution in [0.1, 0.15) is 27.0 Å². The van der Waals surface area contributed by atoms with Gasteiger partial charge in [-0.15, -0.1) is 0 Å². The maximum atomic E-state index is 12.7. The summed E-state index contributed by atoms with van der Waals surface area (Å²) in [5.41, 5.74) is 5.08. The molecule has 0 aliphatic carbocycles. The van der Waals surface area contributed by atoms with E-state index in [2.05, 4.69) is 40.7 Å². The minimum absolute atomic E-state index is 0.154. The van der Waals surface area contributed by atoms with E-state index in [0.717, 1.165) is 16.6 Å². The summed E-state index contributed by atoms with van der Waals surface area (Å²) in [6, 6.07) is 18.4. The van der Waals surface area contributed by atoms with E-state index in [0.29, 0.717) is 35.0 Å². The van der Waals surface area contributed by atoms with Crippen molar-refractivity contribution < 1.29 is 14.3 Å². The van der Waals surface area contributed by atoms with Crippen LogP contribution in [0, 0.1) is 6.92 Å². The second-order valence-corrected chi connectivity index (χ2v) is 8.64. The SMILES string of the molecule is Cc1ccc2[nH]cc(CCNC(=O)c3ccc4c(c3)NC(=O)C(=Cc3cccc(Cl)c3)O4)c2c1. The highest BCUT2D eigenvalue weighted by Gasteiger charge is 2.23. The first-order valence-electron chi connectivity index (χ1n) is 10.9. The van der Waals surface area contributed by atoms with E-state index >= 15 is 0 Å². The molecule has 2 heterocycles. The van der Waals surface area contributed by atoms with Crippen molar-refractivity contribution in [2.75, 3.05) is 11.9 Å². The van der Waals surface area contributed by atoms with Crippen LogP contribution in [0.2, 0.25) is 5.02 Å². The molecule has 2 amide bonds.